The lowest BCUT2D eigenvalue weighted by molar-refractivity contribution is -0.122. The van der Waals surface area contributed by atoms with Crippen molar-refractivity contribution in [1.82, 2.24) is 10.2 Å². The van der Waals surface area contributed by atoms with Gasteiger partial charge in [-0.2, -0.15) is 0 Å². The summed E-state index contributed by atoms with van der Waals surface area (Å²) in [5, 5.41) is 2.94. The monoisotopic (exact) mass is 483 g/mol. The Labute approximate surface area is 210 Å². The van der Waals surface area contributed by atoms with Crippen molar-refractivity contribution in [3.05, 3.63) is 95.1 Å². The van der Waals surface area contributed by atoms with Crippen LogP contribution in [-0.4, -0.2) is 41.8 Å². The number of hydrogen-bond donors (Lipinski definition) is 1. The summed E-state index contributed by atoms with van der Waals surface area (Å²) in [6.07, 6.45) is 1.51. The van der Waals surface area contributed by atoms with Crippen molar-refractivity contribution in [3.63, 3.8) is 0 Å². The molecule has 1 atom stereocenters. The maximum absolute atomic E-state index is 13.5. The number of amides is 3. The number of nitrogens with one attached hydrogen (secondary N) is 1. The molecule has 0 aliphatic carbocycles. The van der Waals surface area contributed by atoms with Gasteiger partial charge in [0, 0.05) is 18.7 Å². The molecule has 0 spiro atoms. The third kappa shape index (κ3) is 4.69. The van der Waals surface area contributed by atoms with Crippen molar-refractivity contribution in [2.45, 2.75) is 38.9 Å². The highest BCUT2D eigenvalue weighted by Crippen LogP contribution is 2.33. The van der Waals surface area contributed by atoms with E-state index in [0.717, 1.165) is 23.3 Å². The quantitative estimate of drug-likeness (QED) is 0.547. The van der Waals surface area contributed by atoms with Crippen molar-refractivity contribution in [1.29, 1.82) is 0 Å². The summed E-state index contributed by atoms with van der Waals surface area (Å²) in [6, 6.07) is 21.8. The summed E-state index contributed by atoms with van der Waals surface area (Å²) in [6.45, 7) is 3.86. The molecule has 5 rings (SSSR count). The van der Waals surface area contributed by atoms with E-state index in [-0.39, 0.29) is 17.7 Å². The number of anilines is 1. The van der Waals surface area contributed by atoms with Crippen molar-refractivity contribution in [3.8, 4) is 5.75 Å². The van der Waals surface area contributed by atoms with Crippen LogP contribution in [0.15, 0.2) is 72.8 Å². The van der Waals surface area contributed by atoms with E-state index in [1.165, 1.54) is 0 Å². The van der Waals surface area contributed by atoms with Crippen LogP contribution in [0.3, 0.4) is 0 Å². The summed E-state index contributed by atoms with van der Waals surface area (Å²) in [4.78, 5) is 42.7. The molecule has 7 heteroatoms. The minimum atomic E-state index is -0.420. The van der Waals surface area contributed by atoms with Crippen molar-refractivity contribution >= 4 is 23.4 Å². The lowest BCUT2D eigenvalue weighted by Crippen LogP contribution is -2.44. The normalized spacial score (nSPS) is 16.9. The Morgan fingerprint density at radius 1 is 1.00 bits per heavy atom. The molecule has 2 heterocycles. The highest BCUT2D eigenvalue weighted by atomic mass is 16.5. The van der Waals surface area contributed by atoms with Gasteiger partial charge in [0.15, 0.2) is 0 Å². The molecule has 3 amide bonds. The zero-order chi connectivity index (χ0) is 25.1. The number of para-hydroxylation sites is 1. The largest absolute Gasteiger partial charge is 0.494 e. The molecule has 0 saturated carbocycles. The zero-order valence-corrected chi connectivity index (χ0v) is 20.3. The van der Waals surface area contributed by atoms with Gasteiger partial charge in [0.25, 0.3) is 11.8 Å². The van der Waals surface area contributed by atoms with Crippen LogP contribution in [0.2, 0.25) is 0 Å². The van der Waals surface area contributed by atoms with Crippen molar-refractivity contribution < 1.29 is 19.1 Å². The lowest BCUT2D eigenvalue weighted by Gasteiger charge is -2.26. The second kappa shape index (κ2) is 10.2. The van der Waals surface area contributed by atoms with Crippen LogP contribution >= 0.6 is 0 Å². The highest BCUT2D eigenvalue weighted by Gasteiger charge is 2.41. The van der Waals surface area contributed by atoms with Crippen LogP contribution in [0.4, 0.5) is 5.69 Å². The van der Waals surface area contributed by atoms with Gasteiger partial charge in [0.05, 0.1) is 24.4 Å². The first-order valence-corrected chi connectivity index (χ1v) is 12.4. The van der Waals surface area contributed by atoms with Gasteiger partial charge in [-0.1, -0.05) is 36.4 Å². The van der Waals surface area contributed by atoms with Gasteiger partial charge in [-0.3, -0.25) is 14.4 Å². The molecule has 0 unspecified atom stereocenters. The summed E-state index contributed by atoms with van der Waals surface area (Å²) in [5.74, 6) is 0.470. The Morgan fingerprint density at radius 3 is 2.61 bits per heavy atom. The molecule has 1 N–H and O–H groups in total. The van der Waals surface area contributed by atoms with Crippen molar-refractivity contribution in [2.75, 3.05) is 18.1 Å². The van der Waals surface area contributed by atoms with Gasteiger partial charge in [0.1, 0.15) is 11.8 Å². The molecule has 2 aliphatic rings. The smallest absolute Gasteiger partial charge is 0.256 e. The average molecular weight is 484 g/mol. The Kier molecular flexibility index (Phi) is 6.71. The first-order chi connectivity index (χ1) is 17.5. The van der Waals surface area contributed by atoms with Crippen LogP contribution in [-0.2, 0) is 17.9 Å². The molecule has 0 aromatic heterocycles. The first kappa shape index (κ1) is 23.6. The molecule has 36 heavy (non-hydrogen) atoms. The van der Waals surface area contributed by atoms with E-state index in [1.807, 2.05) is 61.5 Å². The third-order valence-electron chi connectivity index (χ3n) is 6.71. The first-order valence-electron chi connectivity index (χ1n) is 12.4. The highest BCUT2D eigenvalue weighted by molar-refractivity contribution is 6.11. The number of benzene rings is 3. The predicted molar refractivity (Wildman–Crippen MR) is 137 cm³/mol. The van der Waals surface area contributed by atoms with Crippen LogP contribution in [0.25, 0.3) is 0 Å². The molecular weight excluding hydrogens is 454 g/mol. The third-order valence-corrected chi connectivity index (χ3v) is 6.71. The van der Waals surface area contributed by atoms with Crippen LogP contribution in [0.5, 0.6) is 5.75 Å². The Morgan fingerprint density at radius 2 is 1.81 bits per heavy atom. The maximum Gasteiger partial charge on any atom is 0.256 e. The molecule has 7 nitrogen and oxygen atoms in total. The fourth-order valence-electron chi connectivity index (χ4n) is 4.91. The molecule has 1 saturated heterocycles. The Balaban J connectivity index is 1.29. The van der Waals surface area contributed by atoms with E-state index >= 15 is 0 Å². The molecule has 1 fully saturated rings. The summed E-state index contributed by atoms with van der Waals surface area (Å²) in [5.41, 5.74) is 3.58. The fourth-order valence-corrected chi connectivity index (χ4v) is 4.91. The molecule has 3 aromatic carbocycles. The van der Waals surface area contributed by atoms with E-state index in [4.69, 9.17) is 4.74 Å². The van der Waals surface area contributed by atoms with Gasteiger partial charge in [-0.25, -0.2) is 0 Å². The average Bonchev–Trinajstić information content (AvgIpc) is 3.38. The van der Waals surface area contributed by atoms with Gasteiger partial charge < -0.3 is 19.9 Å². The van der Waals surface area contributed by atoms with E-state index in [0.29, 0.717) is 49.5 Å². The summed E-state index contributed by atoms with van der Waals surface area (Å²) >= 11 is 0. The molecule has 0 radical (unpaired) electrons. The van der Waals surface area contributed by atoms with Crippen LogP contribution in [0, 0.1) is 0 Å². The standard InChI is InChI=1S/C29H29N3O4/c1-2-36-23-8-5-7-21(17-23)18-30-27(33)22-14-12-20(13-15-22)19-32-25-10-4-3-9-24(25)28(34)31-16-6-11-26(31)29(32)35/h3-5,7-10,12-15,17,26H,2,6,11,16,18-19H2,1H3,(H,30,33)/t26-/m0/s1. The van der Waals surface area contributed by atoms with Gasteiger partial charge in [-0.15, -0.1) is 0 Å². The zero-order valence-electron chi connectivity index (χ0n) is 20.3. The Bertz CT molecular complexity index is 1290. The molecule has 3 aromatic rings. The van der Waals surface area contributed by atoms with E-state index in [1.54, 1.807) is 28.0 Å². The minimum absolute atomic E-state index is 0.0538. The summed E-state index contributed by atoms with van der Waals surface area (Å²) in [7, 11) is 0. The number of rotatable bonds is 7. The number of fused-ring (bicyclic) bond motifs is 2. The molecule has 184 valence electrons. The second-order valence-electron chi connectivity index (χ2n) is 9.06. The maximum atomic E-state index is 13.5. The number of hydrogen-bond acceptors (Lipinski definition) is 4. The van der Waals surface area contributed by atoms with Gasteiger partial charge >= 0.3 is 0 Å². The van der Waals surface area contributed by atoms with Crippen LogP contribution < -0.4 is 15.0 Å². The number of carbonyl (C=O) groups excluding carboxylic acids is 3. The van der Waals surface area contributed by atoms with E-state index in [2.05, 4.69) is 5.32 Å². The van der Waals surface area contributed by atoms with Gasteiger partial charge in [-0.05, 0) is 67.3 Å². The minimum Gasteiger partial charge on any atom is -0.494 e. The predicted octanol–water partition coefficient (Wildman–Crippen LogP) is 4.17. The second-order valence-corrected chi connectivity index (χ2v) is 9.06. The summed E-state index contributed by atoms with van der Waals surface area (Å²) < 4.78 is 5.52. The molecular formula is C29H29N3O4. The Hall–Kier alpha value is -4.13. The van der Waals surface area contributed by atoms with Crippen molar-refractivity contribution in [2.24, 2.45) is 0 Å². The van der Waals surface area contributed by atoms with Gasteiger partial charge in [0.2, 0.25) is 5.91 Å². The van der Waals surface area contributed by atoms with E-state index < -0.39 is 6.04 Å². The number of ether oxygens (including phenoxy) is 1. The van der Waals surface area contributed by atoms with Crippen LogP contribution in [0.1, 0.15) is 51.6 Å². The number of nitrogens with zero attached hydrogens (tertiary/aromatic N) is 2. The lowest BCUT2D eigenvalue weighted by atomic mass is 10.1. The molecule has 2 aliphatic heterocycles. The number of carbonyl (C=O) groups is 3. The molecule has 0 bridgehead atoms. The SMILES string of the molecule is CCOc1cccc(CNC(=O)c2ccc(CN3C(=O)[C@@H]4CCCN4C(=O)c4ccccc43)cc2)c1. The van der Waals surface area contributed by atoms with E-state index in [9.17, 15) is 14.4 Å². The fraction of sp³-hybridized carbons (Fsp3) is 0.276. The topological polar surface area (TPSA) is 79.0 Å².